The summed E-state index contributed by atoms with van der Waals surface area (Å²) in [4.78, 5) is 4.50. The van der Waals surface area contributed by atoms with Crippen LogP contribution in [0.4, 0.5) is 0 Å². The van der Waals surface area contributed by atoms with Gasteiger partial charge in [0.05, 0.1) is 17.7 Å². The Kier molecular flexibility index (Phi) is 4.05. The van der Waals surface area contributed by atoms with E-state index in [1.807, 2.05) is 13.4 Å². The maximum Gasteiger partial charge on any atom is 0.0952 e. The van der Waals surface area contributed by atoms with Crippen LogP contribution in [-0.2, 0) is 13.6 Å². The lowest BCUT2D eigenvalue weighted by molar-refractivity contribution is 0.797. The van der Waals surface area contributed by atoms with E-state index in [-0.39, 0.29) is 0 Å². The van der Waals surface area contributed by atoms with Crippen LogP contribution in [0.1, 0.15) is 36.6 Å². The van der Waals surface area contributed by atoms with Gasteiger partial charge in [0.25, 0.3) is 0 Å². The molecule has 2 rings (SSSR count). The predicted octanol–water partition coefficient (Wildman–Crippen LogP) is 3.24. The van der Waals surface area contributed by atoms with Gasteiger partial charge in [-0.05, 0) is 37.1 Å². The molecule has 1 N–H and O–H groups in total. The first-order valence-electron chi connectivity index (χ1n) is 6.80. The van der Waals surface area contributed by atoms with Crippen molar-refractivity contribution in [2.45, 2.75) is 33.2 Å². The lowest BCUT2D eigenvalue weighted by Crippen LogP contribution is -2.07. The van der Waals surface area contributed by atoms with Crippen molar-refractivity contribution in [2.24, 2.45) is 7.05 Å². The summed E-state index contributed by atoms with van der Waals surface area (Å²) in [6.07, 6.45) is 1.89. The van der Waals surface area contributed by atoms with Gasteiger partial charge >= 0.3 is 0 Å². The van der Waals surface area contributed by atoms with Crippen molar-refractivity contribution >= 4 is 0 Å². The van der Waals surface area contributed by atoms with E-state index >= 15 is 0 Å². The van der Waals surface area contributed by atoms with Crippen molar-refractivity contribution in [1.29, 1.82) is 0 Å². The standard InChI is InChI=1S/C16H23N3/c1-11(2)13-7-6-12(3)14(8-13)16-15(9-17-4)18-10-19(16)5/h6-8,10-11,17H,9H2,1-5H3. The fourth-order valence-corrected chi connectivity index (χ4v) is 2.37. The quantitative estimate of drug-likeness (QED) is 0.911. The zero-order chi connectivity index (χ0) is 14.0. The maximum absolute atomic E-state index is 4.50. The first-order chi connectivity index (χ1) is 9.04. The molecule has 19 heavy (non-hydrogen) atoms. The fourth-order valence-electron chi connectivity index (χ4n) is 2.37. The first-order valence-corrected chi connectivity index (χ1v) is 6.80. The molecule has 0 saturated carbocycles. The summed E-state index contributed by atoms with van der Waals surface area (Å²) in [5.74, 6) is 0.542. The number of aryl methyl sites for hydroxylation is 2. The molecule has 2 aromatic rings. The second-order valence-electron chi connectivity index (χ2n) is 5.41. The topological polar surface area (TPSA) is 29.9 Å². The fraction of sp³-hybridized carbons (Fsp3) is 0.438. The van der Waals surface area contributed by atoms with E-state index in [2.05, 4.69) is 60.9 Å². The van der Waals surface area contributed by atoms with Gasteiger partial charge in [-0.3, -0.25) is 0 Å². The molecule has 0 bridgehead atoms. The molecule has 0 aliphatic carbocycles. The lowest BCUT2D eigenvalue weighted by atomic mass is 9.95. The maximum atomic E-state index is 4.50. The van der Waals surface area contributed by atoms with Crippen molar-refractivity contribution in [3.05, 3.63) is 41.3 Å². The number of aromatic nitrogens is 2. The average molecular weight is 257 g/mol. The van der Waals surface area contributed by atoms with Crippen LogP contribution in [0.25, 0.3) is 11.3 Å². The molecule has 0 radical (unpaired) electrons. The Balaban J connectivity index is 2.57. The van der Waals surface area contributed by atoms with Crippen molar-refractivity contribution in [3.63, 3.8) is 0 Å². The van der Waals surface area contributed by atoms with E-state index in [0.717, 1.165) is 12.2 Å². The summed E-state index contributed by atoms with van der Waals surface area (Å²) < 4.78 is 2.11. The highest BCUT2D eigenvalue weighted by Crippen LogP contribution is 2.29. The van der Waals surface area contributed by atoms with Crippen LogP contribution in [0.15, 0.2) is 24.5 Å². The lowest BCUT2D eigenvalue weighted by Gasteiger charge is -2.13. The molecule has 0 amide bonds. The second kappa shape index (κ2) is 5.57. The molecule has 0 aliphatic heterocycles. The molecular weight excluding hydrogens is 234 g/mol. The molecule has 1 heterocycles. The molecule has 0 aliphatic rings. The first kappa shape index (κ1) is 13.8. The zero-order valence-electron chi connectivity index (χ0n) is 12.5. The molecule has 0 spiro atoms. The number of imidazole rings is 1. The number of hydrogen-bond acceptors (Lipinski definition) is 2. The molecule has 0 fully saturated rings. The van der Waals surface area contributed by atoms with Gasteiger partial charge in [-0.2, -0.15) is 0 Å². The van der Waals surface area contributed by atoms with Gasteiger partial charge in [0, 0.05) is 19.2 Å². The highest BCUT2D eigenvalue weighted by molar-refractivity contribution is 5.67. The Hall–Kier alpha value is -1.61. The van der Waals surface area contributed by atoms with Crippen LogP contribution in [-0.4, -0.2) is 16.6 Å². The van der Waals surface area contributed by atoms with Crippen LogP contribution >= 0.6 is 0 Å². The Morgan fingerprint density at radius 3 is 2.68 bits per heavy atom. The molecular formula is C16H23N3. The SMILES string of the molecule is CNCc1ncn(C)c1-c1cc(C(C)C)ccc1C. The third-order valence-corrected chi connectivity index (χ3v) is 3.54. The number of nitrogens with one attached hydrogen (secondary N) is 1. The summed E-state index contributed by atoms with van der Waals surface area (Å²) >= 11 is 0. The largest absolute Gasteiger partial charge is 0.333 e. The minimum atomic E-state index is 0.542. The van der Waals surface area contributed by atoms with Crippen LogP contribution in [0.3, 0.4) is 0 Å². The summed E-state index contributed by atoms with van der Waals surface area (Å²) in [5, 5.41) is 3.19. The van der Waals surface area contributed by atoms with Gasteiger partial charge in [-0.25, -0.2) is 4.98 Å². The third-order valence-electron chi connectivity index (χ3n) is 3.54. The molecule has 102 valence electrons. The van der Waals surface area contributed by atoms with E-state index in [0.29, 0.717) is 5.92 Å². The van der Waals surface area contributed by atoms with Crippen molar-refractivity contribution < 1.29 is 0 Å². The Morgan fingerprint density at radius 1 is 1.32 bits per heavy atom. The van der Waals surface area contributed by atoms with Gasteiger partial charge in [-0.1, -0.05) is 26.0 Å². The Bertz CT molecular complexity index is 567. The van der Waals surface area contributed by atoms with Crippen molar-refractivity contribution in [1.82, 2.24) is 14.9 Å². The van der Waals surface area contributed by atoms with Gasteiger partial charge in [0.2, 0.25) is 0 Å². The van der Waals surface area contributed by atoms with E-state index in [1.165, 1.54) is 22.4 Å². The van der Waals surface area contributed by atoms with Crippen LogP contribution in [0.5, 0.6) is 0 Å². The number of benzene rings is 1. The third kappa shape index (κ3) is 2.71. The molecule has 3 heteroatoms. The van der Waals surface area contributed by atoms with Gasteiger partial charge < -0.3 is 9.88 Å². The molecule has 0 atom stereocenters. The van der Waals surface area contributed by atoms with E-state index in [9.17, 15) is 0 Å². The van der Waals surface area contributed by atoms with Crippen molar-refractivity contribution in [3.8, 4) is 11.3 Å². The van der Waals surface area contributed by atoms with Crippen LogP contribution in [0.2, 0.25) is 0 Å². The van der Waals surface area contributed by atoms with E-state index < -0.39 is 0 Å². The summed E-state index contributed by atoms with van der Waals surface area (Å²) in [5.41, 5.74) is 6.28. The van der Waals surface area contributed by atoms with Crippen LogP contribution < -0.4 is 5.32 Å². The number of hydrogen-bond donors (Lipinski definition) is 1. The minimum Gasteiger partial charge on any atom is -0.333 e. The summed E-state index contributed by atoms with van der Waals surface area (Å²) in [6, 6.07) is 6.73. The molecule has 0 saturated heterocycles. The summed E-state index contributed by atoms with van der Waals surface area (Å²) in [6.45, 7) is 7.41. The number of rotatable bonds is 4. The molecule has 0 unspecified atom stereocenters. The number of nitrogens with zero attached hydrogens (tertiary/aromatic N) is 2. The molecule has 3 nitrogen and oxygen atoms in total. The van der Waals surface area contributed by atoms with Gasteiger partial charge in [0.1, 0.15) is 0 Å². The molecule has 1 aromatic heterocycles. The van der Waals surface area contributed by atoms with Gasteiger partial charge in [-0.15, -0.1) is 0 Å². The smallest absolute Gasteiger partial charge is 0.0952 e. The monoisotopic (exact) mass is 257 g/mol. The van der Waals surface area contributed by atoms with E-state index in [1.54, 1.807) is 0 Å². The molecule has 1 aromatic carbocycles. The summed E-state index contributed by atoms with van der Waals surface area (Å²) in [7, 11) is 4.01. The zero-order valence-corrected chi connectivity index (χ0v) is 12.5. The van der Waals surface area contributed by atoms with Crippen molar-refractivity contribution in [2.75, 3.05) is 7.05 Å². The van der Waals surface area contributed by atoms with Gasteiger partial charge in [0.15, 0.2) is 0 Å². The predicted molar refractivity (Wildman–Crippen MR) is 80.2 cm³/mol. The normalized spacial score (nSPS) is 11.3. The second-order valence-corrected chi connectivity index (χ2v) is 5.41. The van der Waals surface area contributed by atoms with Crippen LogP contribution in [0, 0.1) is 6.92 Å². The van der Waals surface area contributed by atoms with E-state index in [4.69, 9.17) is 0 Å². The highest BCUT2D eigenvalue weighted by Gasteiger charge is 2.14. The Labute approximate surface area is 115 Å². The average Bonchev–Trinajstić information content (AvgIpc) is 2.72. The minimum absolute atomic E-state index is 0.542. The highest BCUT2D eigenvalue weighted by atomic mass is 15.0. The Morgan fingerprint density at radius 2 is 2.05 bits per heavy atom.